The normalized spacial score (nSPS) is 10.9. The monoisotopic (exact) mass is 469 g/mol. The van der Waals surface area contributed by atoms with Crippen LogP contribution < -0.4 is 5.32 Å². The summed E-state index contributed by atoms with van der Waals surface area (Å²) in [7, 11) is 0. The highest BCUT2D eigenvalue weighted by molar-refractivity contribution is 7.99. The third-order valence-corrected chi connectivity index (χ3v) is 6.67. The van der Waals surface area contributed by atoms with Gasteiger partial charge in [-0.25, -0.2) is 4.98 Å². The summed E-state index contributed by atoms with van der Waals surface area (Å²) in [6.07, 6.45) is 2.20. The lowest BCUT2D eigenvalue weighted by molar-refractivity contribution is 0.0956. The second kappa shape index (κ2) is 11.7. The second-order valence-corrected chi connectivity index (χ2v) is 9.36. The largest absolute Gasteiger partial charge is 0.351 e. The van der Waals surface area contributed by atoms with Crippen LogP contribution in [0.3, 0.4) is 0 Å². The highest BCUT2D eigenvalue weighted by Crippen LogP contribution is 2.36. The first-order valence-corrected chi connectivity index (χ1v) is 12.8. The lowest BCUT2D eigenvalue weighted by atomic mass is 10.0. The van der Waals surface area contributed by atoms with Gasteiger partial charge in [-0.1, -0.05) is 103 Å². The van der Waals surface area contributed by atoms with Gasteiger partial charge in [0, 0.05) is 35.5 Å². The highest BCUT2D eigenvalue weighted by Gasteiger charge is 2.20. The quantitative estimate of drug-likeness (QED) is 0.204. The van der Waals surface area contributed by atoms with Gasteiger partial charge in [0.25, 0.3) is 5.91 Å². The fourth-order valence-electron chi connectivity index (χ4n) is 3.87. The zero-order chi connectivity index (χ0) is 23.8. The number of aromatic nitrogens is 2. The molecular weight excluding hydrogens is 438 g/mol. The molecule has 4 aromatic rings. The minimum Gasteiger partial charge on any atom is -0.351 e. The maximum absolute atomic E-state index is 12.5. The highest BCUT2D eigenvalue weighted by atomic mass is 32.2. The molecular formula is C29H31N3OS. The smallest absolute Gasteiger partial charge is 0.251 e. The Morgan fingerprint density at radius 1 is 0.912 bits per heavy atom. The van der Waals surface area contributed by atoms with Crippen LogP contribution in [-0.4, -0.2) is 27.8 Å². The third-order valence-electron chi connectivity index (χ3n) is 5.69. The van der Waals surface area contributed by atoms with Gasteiger partial charge in [-0.3, -0.25) is 4.79 Å². The number of hydrogen-bond acceptors (Lipinski definition) is 3. The van der Waals surface area contributed by atoms with E-state index >= 15 is 0 Å². The summed E-state index contributed by atoms with van der Waals surface area (Å²) < 4.78 is 2.35. The van der Waals surface area contributed by atoms with Crippen LogP contribution in [0.2, 0.25) is 0 Å². The van der Waals surface area contributed by atoms with Gasteiger partial charge in [-0.15, -0.1) is 0 Å². The molecule has 0 saturated heterocycles. The fraction of sp³-hybridized carbons (Fsp3) is 0.241. The van der Waals surface area contributed by atoms with Crippen molar-refractivity contribution < 1.29 is 4.79 Å². The van der Waals surface area contributed by atoms with Crippen LogP contribution in [0.5, 0.6) is 0 Å². The Hall–Kier alpha value is -3.31. The molecule has 0 spiro atoms. The first kappa shape index (κ1) is 23.8. The molecule has 34 heavy (non-hydrogen) atoms. The second-order valence-electron chi connectivity index (χ2n) is 8.30. The molecule has 1 N–H and O–H groups in total. The summed E-state index contributed by atoms with van der Waals surface area (Å²) in [5.74, 6) is 0.716. The van der Waals surface area contributed by atoms with Gasteiger partial charge in [0.05, 0.1) is 11.4 Å². The van der Waals surface area contributed by atoms with E-state index in [-0.39, 0.29) is 5.91 Å². The van der Waals surface area contributed by atoms with Gasteiger partial charge < -0.3 is 9.88 Å². The molecule has 0 aliphatic carbocycles. The van der Waals surface area contributed by atoms with Crippen LogP contribution in [0.15, 0.2) is 90.1 Å². The zero-order valence-electron chi connectivity index (χ0n) is 19.8. The van der Waals surface area contributed by atoms with E-state index in [2.05, 4.69) is 65.3 Å². The molecule has 0 radical (unpaired) electrons. The standard InChI is InChI=1S/C29H31N3OS/c1-3-4-20-32-27(24-13-9-6-10-14-24)26(23-11-7-5-8-12-23)31-29(32)34-21-19-30-28(33)25-17-15-22(2)16-18-25/h5-18H,3-4,19-21H2,1-2H3,(H,30,33). The number of benzene rings is 3. The molecule has 0 unspecified atom stereocenters. The number of hydrogen-bond donors (Lipinski definition) is 1. The number of carbonyl (C=O) groups excluding carboxylic acids is 1. The summed E-state index contributed by atoms with van der Waals surface area (Å²) in [5.41, 5.74) is 6.29. The van der Waals surface area contributed by atoms with E-state index in [1.54, 1.807) is 11.8 Å². The number of carbonyl (C=O) groups is 1. The minimum atomic E-state index is -0.0372. The van der Waals surface area contributed by atoms with Gasteiger partial charge in [0.2, 0.25) is 0 Å². The lowest BCUT2D eigenvalue weighted by Gasteiger charge is -2.13. The third kappa shape index (κ3) is 5.78. The number of aryl methyl sites for hydroxylation is 1. The van der Waals surface area contributed by atoms with Crippen molar-refractivity contribution in [2.75, 3.05) is 12.3 Å². The van der Waals surface area contributed by atoms with E-state index in [4.69, 9.17) is 4.98 Å². The average Bonchev–Trinajstić information content (AvgIpc) is 3.25. The van der Waals surface area contributed by atoms with Crippen LogP contribution in [-0.2, 0) is 6.54 Å². The topological polar surface area (TPSA) is 46.9 Å². The lowest BCUT2D eigenvalue weighted by Crippen LogP contribution is -2.25. The summed E-state index contributed by atoms with van der Waals surface area (Å²) in [5, 5.41) is 4.04. The number of thioether (sulfide) groups is 1. The minimum absolute atomic E-state index is 0.0372. The van der Waals surface area contributed by atoms with Crippen molar-refractivity contribution in [3.8, 4) is 22.5 Å². The van der Waals surface area contributed by atoms with Gasteiger partial charge in [-0.2, -0.15) is 0 Å². The van der Waals surface area contributed by atoms with Crippen LogP contribution in [0.4, 0.5) is 0 Å². The van der Waals surface area contributed by atoms with Crippen LogP contribution >= 0.6 is 11.8 Å². The van der Waals surface area contributed by atoms with Gasteiger partial charge >= 0.3 is 0 Å². The molecule has 3 aromatic carbocycles. The predicted octanol–water partition coefficient (Wildman–Crippen LogP) is 6.85. The van der Waals surface area contributed by atoms with Crippen LogP contribution in [0.25, 0.3) is 22.5 Å². The maximum Gasteiger partial charge on any atom is 0.251 e. The molecule has 4 rings (SSSR count). The van der Waals surface area contributed by atoms with Crippen LogP contribution in [0, 0.1) is 6.92 Å². The average molecular weight is 470 g/mol. The Balaban J connectivity index is 1.57. The first-order chi connectivity index (χ1) is 16.7. The Kier molecular flexibility index (Phi) is 8.21. The van der Waals surface area contributed by atoms with E-state index in [1.807, 2.05) is 43.3 Å². The predicted molar refractivity (Wildman–Crippen MR) is 142 cm³/mol. The van der Waals surface area contributed by atoms with E-state index in [0.29, 0.717) is 12.1 Å². The zero-order valence-corrected chi connectivity index (χ0v) is 20.6. The molecule has 0 bridgehead atoms. The summed E-state index contributed by atoms with van der Waals surface area (Å²) in [6, 6.07) is 28.6. The maximum atomic E-state index is 12.5. The van der Waals surface area contributed by atoms with Gasteiger partial charge in [-0.05, 0) is 25.5 Å². The number of imidazole rings is 1. The van der Waals surface area contributed by atoms with Gasteiger partial charge in [0.15, 0.2) is 5.16 Å². The van der Waals surface area contributed by atoms with Crippen molar-refractivity contribution in [3.63, 3.8) is 0 Å². The molecule has 0 fully saturated rings. The number of nitrogens with one attached hydrogen (secondary N) is 1. The Morgan fingerprint density at radius 2 is 1.56 bits per heavy atom. The number of unbranched alkanes of at least 4 members (excludes halogenated alkanes) is 1. The van der Waals surface area contributed by atoms with Crippen molar-refractivity contribution in [1.82, 2.24) is 14.9 Å². The molecule has 1 aromatic heterocycles. The van der Waals surface area contributed by atoms with Crippen molar-refractivity contribution in [2.45, 2.75) is 38.4 Å². The Morgan fingerprint density at radius 3 is 2.21 bits per heavy atom. The van der Waals surface area contributed by atoms with E-state index in [9.17, 15) is 4.79 Å². The molecule has 4 nitrogen and oxygen atoms in total. The van der Waals surface area contributed by atoms with Crippen molar-refractivity contribution >= 4 is 17.7 Å². The van der Waals surface area contributed by atoms with Crippen molar-refractivity contribution in [3.05, 3.63) is 96.1 Å². The van der Waals surface area contributed by atoms with E-state index < -0.39 is 0 Å². The van der Waals surface area contributed by atoms with E-state index in [0.717, 1.165) is 52.8 Å². The van der Waals surface area contributed by atoms with Gasteiger partial charge in [0.1, 0.15) is 0 Å². The van der Waals surface area contributed by atoms with Crippen molar-refractivity contribution in [1.29, 1.82) is 0 Å². The number of nitrogens with zero attached hydrogens (tertiary/aromatic N) is 2. The molecule has 1 amide bonds. The molecule has 5 heteroatoms. The Labute approximate surface area is 206 Å². The SMILES string of the molecule is CCCCn1c(SCCNC(=O)c2ccc(C)cc2)nc(-c2ccccc2)c1-c1ccccc1. The molecule has 0 atom stereocenters. The molecule has 0 aliphatic heterocycles. The fourth-order valence-corrected chi connectivity index (χ4v) is 4.75. The van der Waals surface area contributed by atoms with Crippen LogP contribution in [0.1, 0.15) is 35.7 Å². The molecule has 1 heterocycles. The molecule has 0 saturated carbocycles. The first-order valence-electron chi connectivity index (χ1n) is 11.9. The molecule has 0 aliphatic rings. The molecule has 174 valence electrons. The number of rotatable bonds is 10. The van der Waals surface area contributed by atoms with Crippen molar-refractivity contribution in [2.24, 2.45) is 0 Å². The summed E-state index contributed by atoms with van der Waals surface area (Å²) >= 11 is 1.70. The number of amides is 1. The summed E-state index contributed by atoms with van der Waals surface area (Å²) in [6.45, 7) is 5.73. The Bertz CT molecular complexity index is 1200. The van der Waals surface area contributed by atoms with E-state index in [1.165, 1.54) is 5.56 Å². The summed E-state index contributed by atoms with van der Waals surface area (Å²) in [4.78, 5) is 17.6.